The largest absolute Gasteiger partial charge is 0.371 e. The maximum Gasteiger partial charge on any atom is 0.0431 e. The Labute approximate surface area is 98.4 Å². The molecule has 0 aliphatic carbocycles. The van der Waals surface area contributed by atoms with Crippen molar-refractivity contribution >= 4 is 5.69 Å². The molecule has 2 N–H and O–H groups in total. The summed E-state index contributed by atoms with van der Waals surface area (Å²) in [4.78, 5) is 2.45. The topological polar surface area (TPSA) is 29.3 Å². The summed E-state index contributed by atoms with van der Waals surface area (Å²) in [5, 5.41) is 0. The zero-order chi connectivity index (χ0) is 11.5. The first-order valence-electron chi connectivity index (χ1n) is 6.31. The molecule has 16 heavy (non-hydrogen) atoms. The standard InChI is InChI=1S/C14H22N2/c1-3-11-5-4-6-12-7-8-13(9-10-15)16(2)14(11)12/h4-6,13H,3,7-10,15H2,1-2H3. The maximum atomic E-state index is 5.69. The number of nitrogens with zero attached hydrogens (tertiary/aromatic N) is 1. The van der Waals surface area contributed by atoms with Crippen molar-refractivity contribution in [2.75, 3.05) is 18.5 Å². The average molecular weight is 218 g/mol. The van der Waals surface area contributed by atoms with E-state index in [1.807, 2.05) is 0 Å². The number of rotatable bonds is 3. The highest BCUT2D eigenvalue weighted by Crippen LogP contribution is 2.33. The number of hydrogen-bond acceptors (Lipinski definition) is 2. The number of nitrogens with two attached hydrogens (primary N) is 1. The van der Waals surface area contributed by atoms with Gasteiger partial charge in [-0.2, -0.15) is 0 Å². The van der Waals surface area contributed by atoms with Crippen molar-refractivity contribution in [3.63, 3.8) is 0 Å². The summed E-state index contributed by atoms with van der Waals surface area (Å²) in [7, 11) is 2.22. The minimum atomic E-state index is 0.630. The van der Waals surface area contributed by atoms with Crippen molar-refractivity contribution < 1.29 is 0 Å². The van der Waals surface area contributed by atoms with Crippen molar-refractivity contribution in [3.8, 4) is 0 Å². The first-order chi connectivity index (χ1) is 7.77. The van der Waals surface area contributed by atoms with E-state index in [0.717, 1.165) is 19.4 Å². The third kappa shape index (κ3) is 1.94. The van der Waals surface area contributed by atoms with E-state index < -0.39 is 0 Å². The van der Waals surface area contributed by atoms with Gasteiger partial charge in [0.1, 0.15) is 0 Å². The van der Waals surface area contributed by atoms with Crippen molar-refractivity contribution in [2.24, 2.45) is 5.73 Å². The molecule has 2 rings (SSSR count). The summed E-state index contributed by atoms with van der Waals surface area (Å²) in [6.07, 6.45) is 4.67. The molecular weight excluding hydrogens is 196 g/mol. The molecule has 88 valence electrons. The number of anilines is 1. The average Bonchev–Trinajstić information content (AvgIpc) is 2.32. The first-order valence-corrected chi connectivity index (χ1v) is 6.31. The summed E-state index contributed by atoms with van der Waals surface area (Å²) in [5.41, 5.74) is 10.1. The van der Waals surface area contributed by atoms with Gasteiger partial charge in [-0.25, -0.2) is 0 Å². The predicted molar refractivity (Wildman–Crippen MR) is 70.0 cm³/mol. The van der Waals surface area contributed by atoms with Gasteiger partial charge in [0.25, 0.3) is 0 Å². The van der Waals surface area contributed by atoms with Gasteiger partial charge in [-0.3, -0.25) is 0 Å². The molecule has 1 atom stereocenters. The SMILES string of the molecule is CCc1cccc2c1N(C)C(CCN)CC2. The van der Waals surface area contributed by atoms with Crippen molar-refractivity contribution in [3.05, 3.63) is 29.3 Å². The van der Waals surface area contributed by atoms with Gasteiger partial charge in [0, 0.05) is 18.8 Å². The van der Waals surface area contributed by atoms with Crippen LogP contribution in [0.2, 0.25) is 0 Å². The number of para-hydroxylation sites is 1. The van der Waals surface area contributed by atoms with Gasteiger partial charge in [-0.15, -0.1) is 0 Å². The molecule has 0 spiro atoms. The molecule has 2 nitrogen and oxygen atoms in total. The molecule has 0 bridgehead atoms. The molecule has 0 saturated carbocycles. The number of aryl methyl sites for hydroxylation is 2. The maximum absolute atomic E-state index is 5.69. The zero-order valence-electron chi connectivity index (χ0n) is 10.4. The minimum absolute atomic E-state index is 0.630. The molecular formula is C14H22N2. The summed E-state index contributed by atoms with van der Waals surface area (Å²) in [6, 6.07) is 7.34. The highest BCUT2D eigenvalue weighted by Gasteiger charge is 2.24. The Morgan fingerprint density at radius 2 is 2.25 bits per heavy atom. The fourth-order valence-corrected chi connectivity index (χ4v) is 2.81. The van der Waals surface area contributed by atoms with Crippen LogP contribution in [0.25, 0.3) is 0 Å². The first kappa shape index (κ1) is 11.5. The molecule has 1 aromatic carbocycles. The minimum Gasteiger partial charge on any atom is -0.371 e. The second-order valence-corrected chi connectivity index (χ2v) is 4.66. The molecule has 2 heteroatoms. The Morgan fingerprint density at radius 1 is 1.44 bits per heavy atom. The van der Waals surface area contributed by atoms with Crippen molar-refractivity contribution in [1.82, 2.24) is 0 Å². The van der Waals surface area contributed by atoms with Crippen LogP contribution in [0.1, 0.15) is 30.9 Å². The zero-order valence-corrected chi connectivity index (χ0v) is 10.4. The molecule has 1 unspecified atom stereocenters. The molecule has 1 aromatic rings. The molecule has 0 radical (unpaired) electrons. The van der Waals surface area contributed by atoms with Gasteiger partial charge >= 0.3 is 0 Å². The Hall–Kier alpha value is -1.02. The summed E-state index contributed by atoms with van der Waals surface area (Å²) < 4.78 is 0. The molecule has 1 aliphatic rings. The second-order valence-electron chi connectivity index (χ2n) is 4.66. The van der Waals surface area contributed by atoms with Gasteiger partial charge in [0.2, 0.25) is 0 Å². The fourth-order valence-electron chi connectivity index (χ4n) is 2.81. The third-order valence-corrected chi connectivity index (χ3v) is 3.73. The highest BCUT2D eigenvalue weighted by atomic mass is 15.1. The van der Waals surface area contributed by atoms with E-state index in [1.54, 1.807) is 0 Å². The Bertz CT molecular complexity index is 346. The van der Waals surface area contributed by atoms with E-state index >= 15 is 0 Å². The van der Waals surface area contributed by atoms with Crippen LogP contribution in [0.15, 0.2) is 18.2 Å². The highest BCUT2D eigenvalue weighted by molar-refractivity contribution is 5.61. The van der Waals surface area contributed by atoms with E-state index in [0.29, 0.717) is 6.04 Å². The Morgan fingerprint density at radius 3 is 2.94 bits per heavy atom. The second kappa shape index (κ2) is 4.88. The van der Waals surface area contributed by atoms with Crippen LogP contribution < -0.4 is 10.6 Å². The van der Waals surface area contributed by atoms with Crippen LogP contribution in [-0.4, -0.2) is 19.6 Å². The Kier molecular flexibility index (Phi) is 3.49. The van der Waals surface area contributed by atoms with Crippen molar-refractivity contribution in [2.45, 2.75) is 38.6 Å². The molecule has 0 saturated heterocycles. The van der Waals surface area contributed by atoms with Gasteiger partial charge in [-0.05, 0) is 43.4 Å². The van der Waals surface area contributed by atoms with E-state index in [9.17, 15) is 0 Å². The van der Waals surface area contributed by atoms with Crippen molar-refractivity contribution in [1.29, 1.82) is 0 Å². The van der Waals surface area contributed by atoms with Gasteiger partial charge in [-0.1, -0.05) is 25.1 Å². The predicted octanol–water partition coefficient (Wildman–Crippen LogP) is 2.35. The van der Waals surface area contributed by atoms with E-state index in [4.69, 9.17) is 5.73 Å². The van der Waals surface area contributed by atoms with Crippen LogP contribution in [0.5, 0.6) is 0 Å². The van der Waals surface area contributed by atoms with E-state index in [-0.39, 0.29) is 0 Å². The number of fused-ring (bicyclic) bond motifs is 1. The summed E-state index contributed by atoms with van der Waals surface area (Å²) in [5.74, 6) is 0. The van der Waals surface area contributed by atoms with Gasteiger partial charge < -0.3 is 10.6 Å². The lowest BCUT2D eigenvalue weighted by Gasteiger charge is -2.37. The number of benzene rings is 1. The van der Waals surface area contributed by atoms with E-state index in [2.05, 4.69) is 37.1 Å². The van der Waals surface area contributed by atoms with Crippen LogP contribution in [0.3, 0.4) is 0 Å². The van der Waals surface area contributed by atoms with Crippen LogP contribution in [0, 0.1) is 0 Å². The molecule has 0 fully saturated rings. The third-order valence-electron chi connectivity index (χ3n) is 3.73. The fraction of sp³-hybridized carbons (Fsp3) is 0.571. The monoisotopic (exact) mass is 218 g/mol. The lowest BCUT2D eigenvalue weighted by Crippen LogP contribution is -2.38. The number of hydrogen-bond donors (Lipinski definition) is 1. The van der Waals surface area contributed by atoms with Gasteiger partial charge in [0.15, 0.2) is 0 Å². The lowest BCUT2D eigenvalue weighted by atomic mass is 9.91. The normalized spacial score (nSPS) is 19.7. The molecule has 0 amide bonds. The lowest BCUT2D eigenvalue weighted by molar-refractivity contribution is 0.525. The molecule has 1 aliphatic heterocycles. The van der Waals surface area contributed by atoms with Crippen LogP contribution in [0.4, 0.5) is 5.69 Å². The Balaban J connectivity index is 2.34. The summed E-state index contributed by atoms with van der Waals surface area (Å²) in [6.45, 7) is 3.02. The van der Waals surface area contributed by atoms with E-state index in [1.165, 1.54) is 29.7 Å². The van der Waals surface area contributed by atoms with Gasteiger partial charge in [0.05, 0.1) is 0 Å². The smallest absolute Gasteiger partial charge is 0.0431 e. The molecule has 0 aromatic heterocycles. The van der Waals surface area contributed by atoms with Crippen LogP contribution >= 0.6 is 0 Å². The quantitative estimate of drug-likeness (QED) is 0.844. The summed E-state index contributed by atoms with van der Waals surface area (Å²) >= 11 is 0. The van der Waals surface area contributed by atoms with Crippen LogP contribution in [-0.2, 0) is 12.8 Å². The molecule has 1 heterocycles.